The molecular weight excluding hydrogens is 478 g/mol. The summed E-state index contributed by atoms with van der Waals surface area (Å²) in [6.07, 6.45) is 4.47. The standard InChI is InChI=1S/C28H28ClN3O2S/c29-22-10-8-21(9-11-22)27(33)30-17-3-18-32(23-12-13-23)19-16-20-6-14-24(15-7-20)34-28-31-25-4-1-2-5-26(25)35-28/h1-2,4-11,14-15,23H,3,12-13,16-19H2,(H,30,33). The Morgan fingerprint density at radius 3 is 2.54 bits per heavy atom. The van der Waals surface area contributed by atoms with Gasteiger partial charge in [0.2, 0.25) is 0 Å². The number of benzene rings is 3. The zero-order valence-electron chi connectivity index (χ0n) is 19.5. The van der Waals surface area contributed by atoms with Crippen LogP contribution >= 0.6 is 22.9 Å². The van der Waals surface area contributed by atoms with Crippen molar-refractivity contribution in [3.63, 3.8) is 0 Å². The van der Waals surface area contributed by atoms with Crippen LogP contribution in [0, 0.1) is 0 Å². The van der Waals surface area contributed by atoms with Gasteiger partial charge in [-0.25, -0.2) is 4.98 Å². The van der Waals surface area contributed by atoms with E-state index in [0.29, 0.717) is 28.4 Å². The van der Waals surface area contributed by atoms with Crippen molar-refractivity contribution >= 4 is 39.1 Å². The SMILES string of the molecule is O=C(NCCCN(CCc1ccc(Oc2nc3ccccc3s2)cc1)C1CC1)c1ccc(Cl)cc1. The van der Waals surface area contributed by atoms with Gasteiger partial charge in [0.1, 0.15) is 5.75 Å². The lowest BCUT2D eigenvalue weighted by atomic mass is 10.1. The summed E-state index contributed by atoms with van der Waals surface area (Å²) >= 11 is 7.46. The number of carbonyl (C=O) groups is 1. The molecule has 35 heavy (non-hydrogen) atoms. The molecule has 1 aliphatic carbocycles. The monoisotopic (exact) mass is 505 g/mol. The van der Waals surface area contributed by atoms with Gasteiger partial charge in [0.15, 0.2) is 0 Å². The highest BCUT2D eigenvalue weighted by molar-refractivity contribution is 7.20. The topological polar surface area (TPSA) is 54.5 Å². The van der Waals surface area contributed by atoms with Crippen LogP contribution in [0.25, 0.3) is 10.2 Å². The van der Waals surface area contributed by atoms with Crippen LogP contribution in [0.5, 0.6) is 10.9 Å². The Morgan fingerprint density at radius 2 is 1.80 bits per heavy atom. The van der Waals surface area contributed by atoms with Gasteiger partial charge in [0, 0.05) is 36.3 Å². The fourth-order valence-corrected chi connectivity index (χ4v) is 5.06. The highest BCUT2D eigenvalue weighted by Gasteiger charge is 2.28. The lowest BCUT2D eigenvalue weighted by Crippen LogP contribution is -2.32. The summed E-state index contributed by atoms with van der Waals surface area (Å²) in [5, 5.41) is 4.32. The highest BCUT2D eigenvalue weighted by atomic mass is 35.5. The Bertz CT molecular complexity index is 1240. The molecule has 4 aromatic rings. The smallest absolute Gasteiger partial charge is 0.279 e. The maximum atomic E-state index is 12.3. The molecule has 180 valence electrons. The van der Waals surface area contributed by atoms with E-state index < -0.39 is 0 Å². The molecule has 0 spiro atoms. The number of ether oxygens (including phenoxy) is 1. The zero-order valence-corrected chi connectivity index (χ0v) is 21.0. The molecule has 1 aromatic heterocycles. The summed E-state index contributed by atoms with van der Waals surface area (Å²) in [7, 11) is 0. The van der Waals surface area contributed by atoms with Gasteiger partial charge in [-0.3, -0.25) is 9.69 Å². The van der Waals surface area contributed by atoms with Crippen LogP contribution in [0.2, 0.25) is 5.02 Å². The number of aromatic nitrogens is 1. The van der Waals surface area contributed by atoms with E-state index in [1.54, 1.807) is 35.6 Å². The van der Waals surface area contributed by atoms with Crippen LogP contribution in [0.4, 0.5) is 0 Å². The van der Waals surface area contributed by atoms with Crippen LogP contribution < -0.4 is 10.1 Å². The highest BCUT2D eigenvalue weighted by Crippen LogP contribution is 2.31. The minimum atomic E-state index is -0.0483. The average Bonchev–Trinajstić information content (AvgIpc) is 3.64. The summed E-state index contributed by atoms with van der Waals surface area (Å²) in [5.74, 6) is 0.760. The molecule has 7 heteroatoms. The van der Waals surface area contributed by atoms with E-state index in [2.05, 4.69) is 33.4 Å². The van der Waals surface area contributed by atoms with Crippen molar-refractivity contribution in [2.45, 2.75) is 31.7 Å². The Hall–Kier alpha value is -2.93. The van der Waals surface area contributed by atoms with E-state index in [9.17, 15) is 4.79 Å². The summed E-state index contributed by atoms with van der Waals surface area (Å²) in [4.78, 5) is 19.4. The maximum Gasteiger partial charge on any atom is 0.279 e. The molecule has 3 aromatic carbocycles. The molecule has 0 atom stereocenters. The number of halogens is 1. The molecule has 5 rings (SSSR count). The normalized spacial score (nSPS) is 13.3. The minimum Gasteiger partial charge on any atom is -0.431 e. The van der Waals surface area contributed by atoms with Gasteiger partial charge < -0.3 is 10.1 Å². The van der Waals surface area contributed by atoms with E-state index in [-0.39, 0.29) is 5.91 Å². The predicted octanol–water partition coefficient (Wildman–Crippen LogP) is 6.57. The first-order chi connectivity index (χ1) is 17.1. The van der Waals surface area contributed by atoms with E-state index in [0.717, 1.165) is 41.9 Å². The van der Waals surface area contributed by atoms with Crippen molar-refractivity contribution in [3.8, 4) is 10.9 Å². The van der Waals surface area contributed by atoms with Crippen molar-refractivity contribution in [2.24, 2.45) is 0 Å². The molecule has 1 aliphatic rings. The number of hydrogen-bond donors (Lipinski definition) is 1. The lowest BCUT2D eigenvalue weighted by Gasteiger charge is -2.22. The van der Waals surface area contributed by atoms with Crippen molar-refractivity contribution in [1.82, 2.24) is 15.2 Å². The third-order valence-electron chi connectivity index (χ3n) is 6.17. The summed E-state index contributed by atoms with van der Waals surface area (Å²) < 4.78 is 7.10. The molecule has 0 unspecified atom stereocenters. The number of rotatable bonds is 11. The van der Waals surface area contributed by atoms with E-state index in [1.165, 1.54) is 18.4 Å². The van der Waals surface area contributed by atoms with Gasteiger partial charge in [0.25, 0.3) is 11.1 Å². The van der Waals surface area contributed by atoms with Gasteiger partial charge in [0.05, 0.1) is 10.2 Å². The largest absolute Gasteiger partial charge is 0.431 e. The summed E-state index contributed by atoms with van der Waals surface area (Å²) in [5.41, 5.74) is 2.90. The first-order valence-electron chi connectivity index (χ1n) is 12.0. The van der Waals surface area contributed by atoms with E-state index in [1.807, 2.05) is 30.3 Å². The second-order valence-electron chi connectivity index (χ2n) is 8.83. The van der Waals surface area contributed by atoms with Gasteiger partial charge in [-0.15, -0.1) is 0 Å². The predicted molar refractivity (Wildman–Crippen MR) is 143 cm³/mol. The number of amides is 1. The Balaban J connectivity index is 1.07. The lowest BCUT2D eigenvalue weighted by molar-refractivity contribution is 0.0951. The molecule has 1 saturated carbocycles. The fraction of sp³-hybridized carbons (Fsp3) is 0.286. The number of thiazole rings is 1. The Kier molecular flexibility index (Phi) is 7.62. The van der Waals surface area contributed by atoms with Crippen molar-refractivity contribution in [2.75, 3.05) is 19.6 Å². The number of nitrogens with one attached hydrogen (secondary N) is 1. The molecule has 1 fully saturated rings. The first-order valence-corrected chi connectivity index (χ1v) is 13.2. The molecule has 1 N–H and O–H groups in total. The number of para-hydroxylation sites is 1. The third kappa shape index (κ3) is 6.60. The van der Waals surface area contributed by atoms with Gasteiger partial charge in [-0.05, 0) is 79.8 Å². The molecular formula is C28H28ClN3O2S. The van der Waals surface area contributed by atoms with Crippen molar-refractivity contribution in [3.05, 3.63) is 88.9 Å². The summed E-state index contributed by atoms with van der Waals surface area (Å²) in [6, 6.07) is 24.1. The quantitative estimate of drug-likeness (QED) is 0.234. The number of nitrogens with zero attached hydrogens (tertiary/aromatic N) is 2. The van der Waals surface area contributed by atoms with Crippen LogP contribution in [0.15, 0.2) is 72.8 Å². The molecule has 1 amide bonds. The molecule has 0 bridgehead atoms. The fourth-order valence-electron chi connectivity index (χ4n) is 4.10. The van der Waals surface area contributed by atoms with Gasteiger partial charge >= 0.3 is 0 Å². The second kappa shape index (κ2) is 11.2. The van der Waals surface area contributed by atoms with Gasteiger partial charge in [-0.1, -0.05) is 47.2 Å². The molecule has 1 heterocycles. The molecule has 0 aliphatic heterocycles. The molecule has 5 nitrogen and oxygen atoms in total. The van der Waals surface area contributed by atoms with E-state index in [4.69, 9.17) is 16.3 Å². The minimum absolute atomic E-state index is 0.0483. The van der Waals surface area contributed by atoms with Crippen LogP contribution in [-0.4, -0.2) is 41.5 Å². The van der Waals surface area contributed by atoms with Crippen LogP contribution in [0.1, 0.15) is 35.2 Å². The van der Waals surface area contributed by atoms with Crippen molar-refractivity contribution < 1.29 is 9.53 Å². The van der Waals surface area contributed by atoms with Crippen LogP contribution in [-0.2, 0) is 6.42 Å². The maximum absolute atomic E-state index is 12.3. The average molecular weight is 506 g/mol. The zero-order chi connectivity index (χ0) is 24.0. The first kappa shape index (κ1) is 23.8. The van der Waals surface area contributed by atoms with E-state index >= 15 is 0 Å². The number of hydrogen-bond acceptors (Lipinski definition) is 5. The van der Waals surface area contributed by atoms with Crippen molar-refractivity contribution in [1.29, 1.82) is 0 Å². The number of carbonyl (C=O) groups excluding carboxylic acids is 1. The number of fused-ring (bicyclic) bond motifs is 1. The second-order valence-corrected chi connectivity index (χ2v) is 10.3. The Labute approximate surface area is 214 Å². The van der Waals surface area contributed by atoms with Gasteiger partial charge in [-0.2, -0.15) is 0 Å². The summed E-state index contributed by atoms with van der Waals surface area (Å²) in [6.45, 7) is 2.68. The molecule has 0 radical (unpaired) electrons. The Morgan fingerprint density at radius 1 is 1.03 bits per heavy atom. The third-order valence-corrected chi connectivity index (χ3v) is 7.33. The van der Waals surface area contributed by atoms with Crippen LogP contribution in [0.3, 0.4) is 0 Å². The molecule has 0 saturated heterocycles.